The van der Waals surface area contributed by atoms with E-state index in [2.05, 4.69) is 15.0 Å². The fourth-order valence-electron chi connectivity index (χ4n) is 1.07. The number of pyridine rings is 1. The van der Waals surface area contributed by atoms with E-state index >= 15 is 0 Å². The van der Waals surface area contributed by atoms with Crippen LogP contribution < -0.4 is 5.73 Å². The number of nitrogens with two attached hydrogens (primary N) is 1. The van der Waals surface area contributed by atoms with Crippen LogP contribution in [0.1, 0.15) is 5.69 Å². The number of anilines is 1. The molecule has 0 aliphatic carbocycles. The van der Waals surface area contributed by atoms with Crippen LogP contribution in [0.25, 0.3) is 0 Å². The van der Waals surface area contributed by atoms with Crippen molar-refractivity contribution in [2.24, 2.45) is 0 Å². The van der Waals surface area contributed by atoms with Gasteiger partial charge in [-0.25, -0.2) is 4.98 Å². The first-order chi connectivity index (χ1) is 7.36. The Bertz CT molecular complexity index is 432. The second-order valence-corrected chi connectivity index (χ2v) is 3.85. The van der Waals surface area contributed by atoms with E-state index in [1.165, 1.54) is 0 Å². The molecule has 0 bridgehead atoms. The van der Waals surface area contributed by atoms with Crippen molar-refractivity contribution in [1.82, 2.24) is 15.0 Å². The first kappa shape index (κ1) is 9.92. The monoisotopic (exact) mass is 218 g/mol. The van der Waals surface area contributed by atoms with Gasteiger partial charge in [-0.2, -0.15) is 0 Å². The van der Waals surface area contributed by atoms with Gasteiger partial charge in [-0.3, -0.25) is 9.97 Å². The second kappa shape index (κ2) is 4.75. The predicted molar refractivity (Wildman–Crippen MR) is 60.2 cm³/mol. The summed E-state index contributed by atoms with van der Waals surface area (Å²) in [5.41, 5.74) is 7.39. The Morgan fingerprint density at radius 2 is 2.13 bits per heavy atom. The fraction of sp³-hybridized carbons (Fsp3) is 0.100. The van der Waals surface area contributed by atoms with Crippen molar-refractivity contribution < 1.29 is 0 Å². The van der Waals surface area contributed by atoms with Crippen LogP contribution in [-0.2, 0) is 5.75 Å². The number of nitrogen functional groups attached to an aromatic ring is 1. The van der Waals surface area contributed by atoms with Crippen LogP contribution in [0.4, 0.5) is 5.69 Å². The highest BCUT2D eigenvalue weighted by atomic mass is 32.2. The normalized spacial score (nSPS) is 10.1. The van der Waals surface area contributed by atoms with Crippen LogP contribution in [0.3, 0.4) is 0 Å². The summed E-state index contributed by atoms with van der Waals surface area (Å²) in [6, 6.07) is 3.66. The summed E-state index contributed by atoms with van der Waals surface area (Å²) in [6.07, 6.45) is 6.81. The molecule has 2 aromatic heterocycles. The molecule has 0 spiro atoms. The molecule has 0 radical (unpaired) electrons. The number of thioether (sulfide) groups is 1. The molecule has 2 heterocycles. The molecule has 0 atom stereocenters. The van der Waals surface area contributed by atoms with Crippen molar-refractivity contribution in [2.45, 2.75) is 10.8 Å². The van der Waals surface area contributed by atoms with E-state index in [-0.39, 0.29) is 0 Å². The Morgan fingerprint density at radius 3 is 2.87 bits per heavy atom. The van der Waals surface area contributed by atoms with E-state index in [0.717, 1.165) is 16.5 Å². The SMILES string of the molecule is Nc1cccnc1SCc1cnccn1. The molecule has 0 aromatic carbocycles. The van der Waals surface area contributed by atoms with Crippen LogP contribution in [0, 0.1) is 0 Å². The van der Waals surface area contributed by atoms with Gasteiger partial charge >= 0.3 is 0 Å². The molecular formula is C10H10N4S. The first-order valence-corrected chi connectivity index (χ1v) is 5.43. The lowest BCUT2D eigenvalue weighted by Gasteiger charge is -2.02. The van der Waals surface area contributed by atoms with Gasteiger partial charge in [-0.05, 0) is 12.1 Å². The van der Waals surface area contributed by atoms with Crippen LogP contribution in [0.5, 0.6) is 0 Å². The summed E-state index contributed by atoms with van der Waals surface area (Å²) in [4.78, 5) is 12.3. The molecule has 2 N–H and O–H groups in total. The van der Waals surface area contributed by atoms with Gasteiger partial charge in [0.05, 0.1) is 11.4 Å². The standard InChI is InChI=1S/C10H10N4S/c11-9-2-1-3-14-10(9)15-7-8-6-12-4-5-13-8/h1-6H,7,11H2. The van der Waals surface area contributed by atoms with Crippen LogP contribution in [0.15, 0.2) is 41.9 Å². The van der Waals surface area contributed by atoms with E-state index in [0.29, 0.717) is 5.69 Å². The van der Waals surface area contributed by atoms with Crippen LogP contribution in [-0.4, -0.2) is 15.0 Å². The predicted octanol–water partition coefficient (Wildman–Crippen LogP) is 1.75. The third kappa shape index (κ3) is 2.66. The molecule has 0 aliphatic rings. The van der Waals surface area contributed by atoms with Crippen LogP contribution in [0.2, 0.25) is 0 Å². The molecule has 15 heavy (non-hydrogen) atoms. The van der Waals surface area contributed by atoms with E-state index in [1.807, 2.05) is 12.1 Å². The maximum absolute atomic E-state index is 5.77. The number of nitrogens with zero attached hydrogens (tertiary/aromatic N) is 3. The van der Waals surface area contributed by atoms with Crippen molar-refractivity contribution in [3.05, 3.63) is 42.6 Å². The van der Waals surface area contributed by atoms with Crippen molar-refractivity contribution in [1.29, 1.82) is 0 Å². The molecule has 5 heteroatoms. The molecule has 0 saturated heterocycles. The minimum absolute atomic E-state index is 0.700. The van der Waals surface area contributed by atoms with E-state index in [1.54, 1.807) is 36.5 Å². The summed E-state index contributed by atoms with van der Waals surface area (Å²) in [7, 11) is 0. The van der Waals surface area contributed by atoms with Crippen LogP contribution >= 0.6 is 11.8 Å². The molecule has 2 rings (SSSR count). The molecule has 0 saturated carbocycles. The maximum atomic E-state index is 5.77. The summed E-state index contributed by atoms with van der Waals surface area (Å²) < 4.78 is 0. The third-order valence-electron chi connectivity index (χ3n) is 1.77. The first-order valence-electron chi connectivity index (χ1n) is 4.44. The van der Waals surface area contributed by atoms with Crippen molar-refractivity contribution in [2.75, 3.05) is 5.73 Å². The Hall–Kier alpha value is -1.62. The fourth-order valence-corrected chi connectivity index (χ4v) is 1.87. The maximum Gasteiger partial charge on any atom is 0.119 e. The molecule has 0 amide bonds. The molecule has 0 fully saturated rings. The summed E-state index contributed by atoms with van der Waals surface area (Å²) in [5, 5.41) is 0.836. The van der Waals surface area contributed by atoms with Gasteiger partial charge in [0, 0.05) is 30.5 Å². The van der Waals surface area contributed by atoms with Gasteiger partial charge in [-0.15, -0.1) is 0 Å². The number of rotatable bonds is 3. The van der Waals surface area contributed by atoms with Gasteiger partial charge < -0.3 is 5.73 Å². The average molecular weight is 218 g/mol. The van der Waals surface area contributed by atoms with E-state index in [9.17, 15) is 0 Å². The third-order valence-corrected chi connectivity index (χ3v) is 2.83. The van der Waals surface area contributed by atoms with Crippen molar-refractivity contribution in [3.63, 3.8) is 0 Å². The van der Waals surface area contributed by atoms with Gasteiger partial charge in [0.15, 0.2) is 0 Å². The number of hydrogen-bond acceptors (Lipinski definition) is 5. The Morgan fingerprint density at radius 1 is 1.20 bits per heavy atom. The lowest BCUT2D eigenvalue weighted by Crippen LogP contribution is -1.92. The molecular weight excluding hydrogens is 208 g/mol. The molecule has 76 valence electrons. The summed E-state index contributed by atoms with van der Waals surface area (Å²) in [5.74, 6) is 0.731. The molecule has 0 unspecified atom stereocenters. The summed E-state index contributed by atoms with van der Waals surface area (Å²) in [6.45, 7) is 0. The minimum atomic E-state index is 0.700. The highest BCUT2D eigenvalue weighted by Gasteiger charge is 2.01. The second-order valence-electron chi connectivity index (χ2n) is 2.88. The van der Waals surface area contributed by atoms with E-state index in [4.69, 9.17) is 5.73 Å². The van der Waals surface area contributed by atoms with E-state index < -0.39 is 0 Å². The smallest absolute Gasteiger partial charge is 0.119 e. The minimum Gasteiger partial charge on any atom is -0.397 e. The number of hydrogen-bond donors (Lipinski definition) is 1. The quantitative estimate of drug-likeness (QED) is 0.795. The van der Waals surface area contributed by atoms with Gasteiger partial charge in [0.1, 0.15) is 5.03 Å². The lowest BCUT2D eigenvalue weighted by molar-refractivity contribution is 1.09. The zero-order chi connectivity index (χ0) is 10.5. The highest BCUT2D eigenvalue weighted by molar-refractivity contribution is 7.98. The lowest BCUT2D eigenvalue weighted by atomic mass is 10.4. The zero-order valence-corrected chi connectivity index (χ0v) is 8.81. The Labute approximate surface area is 92.0 Å². The number of aromatic nitrogens is 3. The van der Waals surface area contributed by atoms with Gasteiger partial charge in [-0.1, -0.05) is 11.8 Å². The average Bonchev–Trinajstić information content (AvgIpc) is 2.29. The largest absolute Gasteiger partial charge is 0.397 e. The Balaban J connectivity index is 2.03. The van der Waals surface area contributed by atoms with Crippen molar-refractivity contribution >= 4 is 17.4 Å². The van der Waals surface area contributed by atoms with Gasteiger partial charge in [0.2, 0.25) is 0 Å². The van der Waals surface area contributed by atoms with Gasteiger partial charge in [0.25, 0.3) is 0 Å². The zero-order valence-electron chi connectivity index (χ0n) is 8.00. The molecule has 0 aliphatic heterocycles. The summed E-state index contributed by atoms with van der Waals surface area (Å²) >= 11 is 1.56. The molecule has 2 aromatic rings. The van der Waals surface area contributed by atoms with Crippen molar-refractivity contribution in [3.8, 4) is 0 Å². The Kier molecular flexibility index (Phi) is 3.14. The molecule has 4 nitrogen and oxygen atoms in total. The topological polar surface area (TPSA) is 64.7 Å². The highest BCUT2D eigenvalue weighted by Crippen LogP contribution is 2.24.